The maximum absolute atomic E-state index is 11.4. The highest BCUT2D eigenvalue weighted by Gasteiger charge is 2.08. The van der Waals surface area contributed by atoms with Crippen molar-refractivity contribution in [3.05, 3.63) is 47.5 Å². The number of nitrogens with zero attached hydrogens (tertiary/aromatic N) is 1. The molecule has 0 saturated heterocycles. The first-order valence-electron chi connectivity index (χ1n) is 6.30. The number of hydrogen-bond donors (Lipinski definition) is 1. The van der Waals surface area contributed by atoms with E-state index in [9.17, 15) is 9.59 Å². The molecule has 1 N–H and O–H groups in total. The molecule has 0 unspecified atom stereocenters. The van der Waals surface area contributed by atoms with E-state index in [1.54, 1.807) is 0 Å². The number of esters is 1. The lowest BCUT2D eigenvalue weighted by molar-refractivity contribution is -0.140. The highest BCUT2D eigenvalue weighted by Crippen LogP contribution is 2.02. The van der Waals surface area contributed by atoms with E-state index >= 15 is 0 Å². The third-order valence-electron chi connectivity index (χ3n) is 2.66. The lowest BCUT2D eigenvalue weighted by Gasteiger charge is -2.16. The highest BCUT2D eigenvalue weighted by atomic mass is 16.5. The summed E-state index contributed by atoms with van der Waals surface area (Å²) < 4.78 is 5.00. The lowest BCUT2D eigenvalue weighted by atomic mass is 10.2. The quantitative estimate of drug-likeness (QED) is 0.607. The first-order valence-corrected chi connectivity index (χ1v) is 6.30. The van der Waals surface area contributed by atoms with Gasteiger partial charge >= 0.3 is 11.9 Å². The van der Waals surface area contributed by atoms with Gasteiger partial charge in [0.1, 0.15) is 6.61 Å². The van der Waals surface area contributed by atoms with Crippen molar-refractivity contribution in [1.29, 1.82) is 0 Å². The van der Waals surface area contributed by atoms with Crippen LogP contribution >= 0.6 is 0 Å². The molecule has 20 heavy (non-hydrogen) atoms. The number of aliphatic carboxylic acids is 1. The molecule has 5 heteroatoms. The summed E-state index contributed by atoms with van der Waals surface area (Å²) in [5.74, 6) is -1.75. The monoisotopic (exact) mass is 277 g/mol. The van der Waals surface area contributed by atoms with Crippen LogP contribution in [-0.2, 0) is 20.9 Å². The maximum atomic E-state index is 11.4. The average Bonchev–Trinajstić information content (AvgIpc) is 2.38. The van der Waals surface area contributed by atoms with Crippen molar-refractivity contribution in [2.75, 3.05) is 20.2 Å². The van der Waals surface area contributed by atoms with Crippen LogP contribution < -0.4 is 0 Å². The van der Waals surface area contributed by atoms with Gasteiger partial charge in [0.25, 0.3) is 0 Å². The minimum absolute atomic E-state index is 0.0863. The van der Waals surface area contributed by atoms with Gasteiger partial charge in [-0.05, 0) is 19.5 Å². The second-order valence-electron chi connectivity index (χ2n) is 4.52. The molecule has 1 rings (SSSR count). The first-order chi connectivity index (χ1) is 9.49. The number of carbonyl (C=O) groups is 2. The normalized spacial score (nSPS) is 11.4. The van der Waals surface area contributed by atoms with Crippen molar-refractivity contribution >= 4 is 11.9 Å². The van der Waals surface area contributed by atoms with E-state index in [4.69, 9.17) is 9.84 Å². The van der Waals surface area contributed by atoms with E-state index in [1.165, 1.54) is 12.5 Å². The summed E-state index contributed by atoms with van der Waals surface area (Å²) in [6.45, 7) is 3.00. The zero-order chi connectivity index (χ0) is 15.0. The number of carbonyl (C=O) groups excluding carboxylic acids is 1. The molecule has 0 aliphatic rings. The molecule has 0 saturated carbocycles. The van der Waals surface area contributed by atoms with Gasteiger partial charge in [-0.2, -0.15) is 0 Å². The van der Waals surface area contributed by atoms with Crippen molar-refractivity contribution in [3.8, 4) is 0 Å². The molecule has 1 aromatic rings. The molecule has 0 aliphatic heterocycles. The maximum Gasteiger partial charge on any atom is 0.334 e. The summed E-state index contributed by atoms with van der Waals surface area (Å²) in [5.41, 5.74) is 1.27. The number of carboxylic acids is 1. The summed E-state index contributed by atoms with van der Waals surface area (Å²) in [6.07, 6.45) is 0.843. The molecule has 0 heterocycles. The first kappa shape index (κ1) is 15.9. The van der Waals surface area contributed by atoms with Crippen LogP contribution in [0, 0.1) is 0 Å². The Morgan fingerprint density at radius 1 is 1.30 bits per heavy atom. The third kappa shape index (κ3) is 6.15. The van der Waals surface area contributed by atoms with Crippen molar-refractivity contribution in [2.45, 2.75) is 13.5 Å². The zero-order valence-corrected chi connectivity index (χ0v) is 11.7. The summed E-state index contributed by atoms with van der Waals surface area (Å²) >= 11 is 0. The van der Waals surface area contributed by atoms with Crippen molar-refractivity contribution in [1.82, 2.24) is 4.90 Å². The Hall–Kier alpha value is -2.14. The Bertz CT molecular complexity index is 482. The van der Waals surface area contributed by atoms with Crippen molar-refractivity contribution in [3.63, 3.8) is 0 Å². The topological polar surface area (TPSA) is 66.8 Å². The number of benzene rings is 1. The molecule has 0 aliphatic carbocycles. The fourth-order valence-corrected chi connectivity index (χ4v) is 1.63. The molecule has 0 spiro atoms. The molecule has 0 atom stereocenters. The van der Waals surface area contributed by atoms with Crippen LogP contribution in [0.5, 0.6) is 0 Å². The molecular formula is C15H19NO4. The van der Waals surface area contributed by atoms with Gasteiger partial charge in [-0.15, -0.1) is 0 Å². The summed E-state index contributed by atoms with van der Waals surface area (Å²) in [7, 11) is 1.93. The predicted molar refractivity (Wildman–Crippen MR) is 75.1 cm³/mol. The van der Waals surface area contributed by atoms with Crippen LogP contribution in [0.2, 0.25) is 0 Å². The minimum Gasteiger partial charge on any atom is -0.478 e. The second kappa shape index (κ2) is 8.12. The summed E-state index contributed by atoms with van der Waals surface area (Å²) in [6, 6.07) is 9.97. The second-order valence-corrected chi connectivity index (χ2v) is 4.52. The van der Waals surface area contributed by atoms with Crippen LogP contribution in [0.3, 0.4) is 0 Å². The smallest absolute Gasteiger partial charge is 0.334 e. The number of rotatable bonds is 7. The van der Waals surface area contributed by atoms with Crippen molar-refractivity contribution in [2.24, 2.45) is 0 Å². The van der Waals surface area contributed by atoms with Gasteiger partial charge in [-0.3, -0.25) is 4.90 Å². The van der Waals surface area contributed by atoms with Gasteiger partial charge < -0.3 is 9.84 Å². The van der Waals surface area contributed by atoms with Gasteiger partial charge in [0, 0.05) is 24.7 Å². The highest BCUT2D eigenvalue weighted by molar-refractivity contribution is 5.95. The van der Waals surface area contributed by atoms with E-state index in [1.807, 2.05) is 42.3 Å². The molecule has 0 amide bonds. The predicted octanol–water partition coefficient (Wildman–Crippen LogP) is 1.69. The lowest BCUT2D eigenvalue weighted by Crippen LogP contribution is -2.24. The van der Waals surface area contributed by atoms with Crippen LogP contribution in [0.25, 0.3) is 0 Å². The summed E-state index contributed by atoms with van der Waals surface area (Å²) in [4.78, 5) is 23.9. The Balaban J connectivity index is 2.30. The molecular weight excluding hydrogens is 258 g/mol. The van der Waals surface area contributed by atoms with Gasteiger partial charge in [0.15, 0.2) is 0 Å². The molecule has 0 fully saturated rings. The van der Waals surface area contributed by atoms with E-state index in [0.717, 1.165) is 12.6 Å². The molecule has 108 valence electrons. The molecule has 0 bridgehead atoms. The van der Waals surface area contributed by atoms with Gasteiger partial charge in [-0.25, -0.2) is 9.59 Å². The number of carboxylic acid groups (broad SMARTS) is 1. The minimum atomic E-state index is -1.15. The fraction of sp³-hybridized carbons (Fsp3) is 0.333. The van der Waals surface area contributed by atoms with Crippen LogP contribution in [0.15, 0.2) is 42.0 Å². The van der Waals surface area contributed by atoms with Crippen LogP contribution in [0.1, 0.15) is 12.5 Å². The zero-order valence-electron chi connectivity index (χ0n) is 11.7. The molecule has 1 aromatic carbocycles. The largest absolute Gasteiger partial charge is 0.478 e. The Kier molecular flexibility index (Phi) is 6.46. The van der Waals surface area contributed by atoms with E-state index in [2.05, 4.69) is 0 Å². The van der Waals surface area contributed by atoms with E-state index in [-0.39, 0.29) is 12.2 Å². The molecule has 0 aromatic heterocycles. The number of likely N-dealkylation sites (N-methyl/N-ethyl adjacent to an activating group) is 1. The van der Waals surface area contributed by atoms with Crippen LogP contribution in [0.4, 0.5) is 0 Å². The Labute approximate surface area is 118 Å². The number of ether oxygens (including phenoxy) is 1. The van der Waals surface area contributed by atoms with Crippen LogP contribution in [-0.4, -0.2) is 42.1 Å². The fourth-order valence-electron chi connectivity index (χ4n) is 1.63. The summed E-state index contributed by atoms with van der Waals surface area (Å²) in [5, 5.41) is 8.52. The van der Waals surface area contributed by atoms with Gasteiger partial charge in [0.05, 0.1) is 0 Å². The molecule has 5 nitrogen and oxygen atoms in total. The van der Waals surface area contributed by atoms with Crippen molar-refractivity contribution < 1.29 is 19.4 Å². The van der Waals surface area contributed by atoms with Gasteiger partial charge in [0.2, 0.25) is 0 Å². The standard InChI is InChI=1S/C15H19NO4/c1-12(10-14(17)18)15(19)20-9-8-16(2)11-13-6-4-3-5-7-13/h3-7,10H,8-9,11H2,1-2H3,(H,17,18)/b12-10+. The SMILES string of the molecule is C/C(=C\C(=O)O)C(=O)OCCN(C)Cc1ccccc1. The van der Waals surface area contributed by atoms with E-state index in [0.29, 0.717) is 6.54 Å². The Morgan fingerprint density at radius 3 is 2.55 bits per heavy atom. The van der Waals surface area contributed by atoms with Gasteiger partial charge in [-0.1, -0.05) is 30.3 Å². The average molecular weight is 277 g/mol. The van der Waals surface area contributed by atoms with E-state index < -0.39 is 11.9 Å². The number of hydrogen-bond acceptors (Lipinski definition) is 4. The Morgan fingerprint density at radius 2 is 1.95 bits per heavy atom. The third-order valence-corrected chi connectivity index (χ3v) is 2.66. The molecule has 0 radical (unpaired) electrons.